The Morgan fingerprint density at radius 3 is 2.55 bits per heavy atom. The van der Waals surface area contributed by atoms with E-state index in [0.29, 0.717) is 34.8 Å². The molecule has 156 valence electrons. The highest BCUT2D eigenvalue weighted by molar-refractivity contribution is 6.32. The van der Waals surface area contributed by atoms with Gasteiger partial charge in [0, 0.05) is 29.1 Å². The first-order valence-corrected chi connectivity index (χ1v) is 10.5. The van der Waals surface area contributed by atoms with Crippen molar-refractivity contribution >= 4 is 28.5 Å². The molecule has 2 aliphatic rings. The topological polar surface area (TPSA) is 80.0 Å². The number of aliphatic hydroxyl groups excluding tert-OH is 1. The Bertz CT molecular complexity index is 1000. The van der Waals surface area contributed by atoms with Crippen LogP contribution in [0.2, 0.25) is 5.02 Å². The molecular weight excluding hydrogens is 394 g/mol. The van der Waals surface area contributed by atoms with Gasteiger partial charge in [0.15, 0.2) is 6.10 Å². The Hall–Kier alpha value is -2.05. The number of carbonyl (C=O) groups excluding carboxylic acids is 1. The molecule has 2 aromatic rings. The van der Waals surface area contributed by atoms with Crippen LogP contribution in [0.15, 0.2) is 21.3 Å². The minimum atomic E-state index is -0.735. The Morgan fingerprint density at radius 2 is 1.90 bits per heavy atom. The number of aliphatic hydroxyl groups is 1. The number of hydrogen-bond donors (Lipinski definition) is 1. The second kappa shape index (κ2) is 7.65. The molecule has 29 heavy (non-hydrogen) atoms. The zero-order valence-corrected chi connectivity index (χ0v) is 17.7. The maximum absolute atomic E-state index is 13.2. The van der Waals surface area contributed by atoms with Crippen molar-refractivity contribution in [3.05, 3.63) is 38.7 Å². The van der Waals surface area contributed by atoms with Crippen molar-refractivity contribution in [1.29, 1.82) is 0 Å². The van der Waals surface area contributed by atoms with Gasteiger partial charge in [0.1, 0.15) is 11.3 Å². The second-order valence-corrected chi connectivity index (χ2v) is 8.69. The van der Waals surface area contributed by atoms with Gasteiger partial charge in [-0.2, -0.15) is 0 Å². The molecule has 2 fully saturated rings. The highest BCUT2D eigenvalue weighted by Crippen LogP contribution is 2.36. The lowest BCUT2D eigenvalue weighted by Crippen LogP contribution is -2.58. The Labute approximate surface area is 174 Å². The van der Waals surface area contributed by atoms with Gasteiger partial charge in [-0.3, -0.25) is 4.79 Å². The third-order valence-electron chi connectivity index (χ3n) is 6.37. The first-order valence-electron chi connectivity index (χ1n) is 10.2. The largest absolute Gasteiger partial charge is 0.479 e. The summed E-state index contributed by atoms with van der Waals surface area (Å²) in [5, 5.41) is 11.2. The quantitative estimate of drug-likeness (QED) is 0.766. The van der Waals surface area contributed by atoms with Crippen LogP contribution in [0.25, 0.3) is 11.0 Å². The van der Waals surface area contributed by atoms with Gasteiger partial charge < -0.3 is 19.2 Å². The predicted octanol–water partition coefficient (Wildman–Crippen LogP) is 3.73. The van der Waals surface area contributed by atoms with E-state index in [1.54, 1.807) is 26.0 Å². The summed E-state index contributed by atoms with van der Waals surface area (Å²) in [6.07, 6.45) is 3.07. The van der Waals surface area contributed by atoms with Gasteiger partial charge in [-0.1, -0.05) is 11.6 Å². The molecule has 2 saturated heterocycles. The number of fused-ring (bicyclic) bond motifs is 3. The molecule has 2 aliphatic heterocycles. The standard InChI is InChI=1S/C22H26ClNO5/c1-11-12(2)22(27)29-19-10-20(18(23)9-17(11)19)28-13(3)21(26)24-14-5-4-6-15(24)8-16(25)7-14/h9-10,13-16,25H,4-8H2,1-3H3/t13?,14-,15+,16?. The summed E-state index contributed by atoms with van der Waals surface area (Å²) in [7, 11) is 0. The van der Waals surface area contributed by atoms with Crippen LogP contribution >= 0.6 is 11.6 Å². The zero-order valence-electron chi connectivity index (χ0n) is 16.9. The van der Waals surface area contributed by atoms with E-state index in [0.717, 1.165) is 30.2 Å². The fourth-order valence-corrected chi connectivity index (χ4v) is 4.91. The van der Waals surface area contributed by atoms with Crippen molar-refractivity contribution in [2.75, 3.05) is 0 Å². The summed E-state index contributed by atoms with van der Waals surface area (Å²) in [6, 6.07) is 3.41. The first kappa shape index (κ1) is 20.2. The second-order valence-electron chi connectivity index (χ2n) is 8.29. The van der Waals surface area contributed by atoms with Crippen LogP contribution in [0.1, 0.15) is 50.2 Å². The van der Waals surface area contributed by atoms with Crippen molar-refractivity contribution in [3.8, 4) is 5.75 Å². The monoisotopic (exact) mass is 419 g/mol. The number of benzene rings is 1. The fourth-order valence-electron chi connectivity index (χ4n) is 4.70. The van der Waals surface area contributed by atoms with Crippen molar-refractivity contribution in [1.82, 2.24) is 4.90 Å². The number of hydrogen-bond acceptors (Lipinski definition) is 5. The highest BCUT2D eigenvalue weighted by atomic mass is 35.5. The summed E-state index contributed by atoms with van der Waals surface area (Å²) in [5.41, 5.74) is 1.35. The number of ether oxygens (including phenoxy) is 1. The molecule has 3 heterocycles. The number of piperidine rings is 2. The Kier molecular flexibility index (Phi) is 5.34. The fraction of sp³-hybridized carbons (Fsp3) is 0.545. The molecule has 0 aliphatic carbocycles. The lowest BCUT2D eigenvalue weighted by Gasteiger charge is -2.48. The average molecular weight is 420 g/mol. The van der Waals surface area contributed by atoms with E-state index in [4.69, 9.17) is 20.8 Å². The van der Waals surface area contributed by atoms with Gasteiger partial charge in [-0.15, -0.1) is 0 Å². The SMILES string of the molecule is Cc1c(C)c2cc(Cl)c(OC(C)C(=O)N3[C@@H]4CCC[C@H]3CC(O)C4)cc2oc1=O. The van der Waals surface area contributed by atoms with Crippen molar-refractivity contribution in [2.24, 2.45) is 0 Å². The zero-order chi connectivity index (χ0) is 20.9. The van der Waals surface area contributed by atoms with Crippen LogP contribution in [0, 0.1) is 13.8 Å². The third-order valence-corrected chi connectivity index (χ3v) is 6.66. The number of nitrogens with zero attached hydrogens (tertiary/aromatic N) is 1. The van der Waals surface area contributed by atoms with Gasteiger partial charge in [0.25, 0.3) is 5.91 Å². The molecule has 1 aromatic carbocycles. The molecule has 4 atom stereocenters. The number of rotatable bonds is 3. The number of halogens is 1. The van der Waals surface area contributed by atoms with Crippen molar-refractivity contribution < 1.29 is 19.1 Å². The molecule has 1 amide bonds. The molecule has 2 unspecified atom stereocenters. The van der Waals surface area contributed by atoms with Gasteiger partial charge in [-0.25, -0.2) is 4.79 Å². The smallest absolute Gasteiger partial charge is 0.339 e. The molecule has 1 aromatic heterocycles. The van der Waals surface area contributed by atoms with Gasteiger partial charge in [0.2, 0.25) is 0 Å². The average Bonchev–Trinajstić information content (AvgIpc) is 2.66. The maximum Gasteiger partial charge on any atom is 0.339 e. The third kappa shape index (κ3) is 3.64. The molecule has 4 rings (SSSR count). The van der Waals surface area contributed by atoms with E-state index in [9.17, 15) is 14.7 Å². The summed E-state index contributed by atoms with van der Waals surface area (Å²) in [6.45, 7) is 5.27. The van der Waals surface area contributed by atoms with E-state index in [1.807, 2.05) is 11.8 Å². The predicted molar refractivity (Wildman–Crippen MR) is 111 cm³/mol. The minimum Gasteiger partial charge on any atom is -0.479 e. The first-order chi connectivity index (χ1) is 13.8. The molecule has 0 spiro atoms. The van der Waals surface area contributed by atoms with Crippen LogP contribution in [0.3, 0.4) is 0 Å². The summed E-state index contributed by atoms with van der Waals surface area (Å²) in [5.74, 6) is 0.220. The molecule has 7 heteroatoms. The molecule has 2 bridgehead atoms. The normalized spacial score (nSPS) is 25.1. The minimum absolute atomic E-state index is 0.0618. The lowest BCUT2D eigenvalue weighted by molar-refractivity contribution is -0.150. The van der Waals surface area contributed by atoms with Gasteiger partial charge in [-0.05, 0) is 64.5 Å². The van der Waals surface area contributed by atoms with Crippen LogP contribution in [-0.4, -0.2) is 40.2 Å². The van der Waals surface area contributed by atoms with E-state index in [1.165, 1.54) is 0 Å². The molecule has 0 radical (unpaired) electrons. The summed E-state index contributed by atoms with van der Waals surface area (Å²) >= 11 is 6.41. The lowest BCUT2D eigenvalue weighted by atomic mass is 9.82. The van der Waals surface area contributed by atoms with E-state index >= 15 is 0 Å². The molecule has 0 saturated carbocycles. The van der Waals surface area contributed by atoms with Crippen molar-refractivity contribution in [2.45, 2.75) is 77.2 Å². The summed E-state index contributed by atoms with van der Waals surface area (Å²) < 4.78 is 11.3. The van der Waals surface area contributed by atoms with Crippen LogP contribution < -0.4 is 10.4 Å². The van der Waals surface area contributed by atoms with Crippen LogP contribution in [0.4, 0.5) is 0 Å². The van der Waals surface area contributed by atoms with Crippen LogP contribution in [-0.2, 0) is 4.79 Å². The van der Waals surface area contributed by atoms with E-state index < -0.39 is 11.7 Å². The Balaban J connectivity index is 1.59. The molecule has 1 N–H and O–H groups in total. The number of carbonyl (C=O) groups is 1. The number of aryl methyl sites for hydroxylation is 1. The van der Waals surface area contributed by atoms with Gasteiger partial charge in [0.05, 0.1) is 11.1 Å². The highest BCUT2D eigenvalue weighted by Gasteiger charge is 2.42. The molecule has 6 nitrogen and oxygen atoms in total. The van der Waals surface area contributed by atoms with Crippen molar-refractivity contribution in [3.63, 3.8) is 0 Å². The van der Waals surface area contributed by atoms with Gasteiger partial charge >= 0.3 is 5.63 Å². The summed E-state index contributed by atoms with van der Waals surface area (Å²) in [4.78, 5) is 27.1. The molecular formula is C22H26ClNO5. The van der Waals surface area contributed by atoms with E-state index in [-0.39, 0.29) is 24.1 Å². The Morgan fingerprint density at radius 1 is 1.24 bits per heavy atom. The van der Waals surface area contributed by atoms with Crippen LogP contribution in [0.5, 0.6) is 5.75 Å². The van der Waals surface area contributed by atoms with E-state index in [2.05, 4.69) is 0 Å². The maximum atomic E-state index is 13.2. The number of amides is 1.